The Labute approximate surface area is 159 Å². The molecule has 0 aliphatic heterocycles. The molecule has 0 aliphatic rings. The van der Waals surface area contributed by atoms with Gasteiger partial charge in [0.15, 0.2) is 0 Å². The summed E-state index contributed by atoms with van der Waals surface area (Å²) < 4.78 is 10.0. The van der Waals surface area contributed by atoms with Gasteiger partial charge < -0.3 is 9.47 Å². The van der Waals surface area contributed by atoms with Crippen molar-refractivity contribution in [1.29, 1.82) is 0 Å². The predicted octanol–water partition coefficient (Wildman–Crippen LogP) is 4.86. The molecule has 0 amide bonds. The number of carbonyl (C=O) groups excluding carboxylic acids is 1. The maximum atomic E-state index is 11.7. The summed E-state index contributed by atoms with van der Waals surface area (Å²) >= 11 is 1.53. The van der Waals surface area contributed by atoms with Crippen molar-refractivity contribution < 1.29 is 19.2 Å². The summed E-state index contributed by atoms with van der Waals surface area (Å²) in [6.45, 7) is 0.0559. The van der Waals surface area contributed by atoms with E-state index in [1.165, 1.54) is 36.0 Å². The highest BCUT2D eigenvalue weighted by Crippen LogP contribution is 2.25. The SMILES string of the molecule is O=C(OCc1ccc(Sc2ccccn2)cc1)Oc1ccc([N+](=O)[O-])cc1. The summed E-state index contributed by atoms with van der Waals surface area (Å²) in [5, 5.41) is 11.5. The van der Waals surface area contributed by atoms with Crippen molar-refractivity contribution in [3.05, 3.63) is 88.6 Å². The quantitative estimate of drug-likeness (QED) is 0.260. The Hall–Kier alpha value is -3.39. The number of benzene rings is 2. The van der Waals surface area contributed by atoms with E-state index in [0.29, 0.717) is 0 Å². The molecule has 8 heteroatoms. The summed E-state index contributed by atoms with van der Waals surface area (Å²) in [5.74, 6) is 0.174. The monoisotopic (exact) mass is 382 g/mol. The van der Waals surface area contributed by atoms with Crippen molar-refractivity contribution in [1.82, 2.24) is 4.98 Å². The molecule has 0 fully saturated rings. The highest BCUT2D eigenvalue weighted by molar-refractivity contribution is 7.99. The number of non-ortho nitro benzene ring substituents is 1. The standard InChI is InChI=1S/C19H14N2O5S/c22-19(26-16-8-6-15(7-9-16)21(23)24)25-13-14-4-10-17(11-5-14)27-18-3-1-2-12-20-18/h1-12H,13H2. The average molecular weight is 382 g/mol. The third kappa shape index (κ3) is 5.55. The van der Waals surface area contributed by atoms with Crippen LogP contribution in [-0.4, -0.2) is 16.1 Å². The highest BCUT2D eigenvalue weighted by Gasteiger charge is 2.09. The smallest absolute Gasteiger partial charge is 0.429 e. The minimum atomic E-state index is -0.879. The van der Waals surface area contributed by atoms with Crippen LogP contribution in [0.2, 0.25) is 0 Å². The highest BCUT2D eigenvalue weighted by atomic mass is 32.2. The second-order valence-corrected chi connectivity index (χ2v) is 6.40. The molecule has 1 aromatic heterocycles. The van der Waals surface area contributed by atoms with Crippen LogP contribution >= 0.6 is 11.8 Å². The van der Waals surface area contributed by atoms with E-state index in [2.05, 4.69) is 4.98 Å². The normalized spacial score (nSPS) is 10.2. The number of rotatable bonds is 6. The Kier molecular flexibility index (Phi) is 6.01. The van der Waals surface area contributed by atoms with Gasteiger partial charge in [0.1, 0.15) is 17.4 Å². The summed E-state index contributed by atoms with van der Waals surface area (Å²) in [7, 11) is 0. The third-order valence-electron chi connectivity index (χ3n) is 3.39. The first-order valence-corrected chi connectivity index (χ1v) is 8.69. The van der Waals surface area contributed by atoms with Crippen LogP contribution in [0.15, 0.2) is 82.8 Å². The van der Waals surface area contributed by atoms with E-state index in [4.69, 9.17) is 9.47 Å². The van der Waals surface area contributed by atoms with Gasteiger partial charge in [-0.05, 0) is 42.0 Å². The number of nitro benzene ring substituents is 1. The van der Waals surface area contributed by atoms with E-state index in [-0.39, 0.29) is 18.0 Å². The summed E-state index contributed by atoms with van der Waals surface area (Å²) in [4.78, 5) is 27.1. The van der Waals surface area contributed by atoms with Crippen LogP contribution in [0.25, 0.3) is 0 Å². The lowest BCUT2D eigenvalue weighted by Gasteiger charge is -2.07. The van der Waals surface area contributed by atoms with Crippen molar-refractivity contribution in [2.24, 2.45) is 0 Å². The van der Waals surface area contributed by atoms with Crippen molar-refractivity contribution >= 4 is 23.6 Å². The molecule has 0 spiro atoms. The zero-order chi connectivity index (χ0) is 19.1. The zero-order valence-corrected chi connectivity index (χ0v) is 14.8. The van der Waals surface area contributed by atoms with Gasteiger partial charge in [0.25, 0.3) is 5.69 Å². The molecule has 7 nitrogen and oxygen atoms in total. The molecule has 27 heavy (non-hydrogen) atoms. The molecule has 3 rings (SSSR count). The molecule has 136 valence electrons. The average Bonchev–Trinajstić information content (AvgIpc) is 2.69. The van der Waals surface area contributed by atoms with Crippen molar-refractivity contribution in [3.63, 3.8) is 0 Å². The van der Waals surface area contributed by atoms with Crippen LogP contribution in [-0.2, 0) is 11.3 Å². The lowest BCUT2D eigenvalue weighted by molar-refractivity contribution is -0.384. The molecule has 2 aromatic carbocycles. The molecule has 0 radical (unpaired) electrons. The maximum Gasteiger partial charge on any atom is 0.514 e. The maximum absolute atomic E-state index is 11.7. The van der Waals surface area contributed by atoms with Gasteiger partial charge >= 0.3 is 6.16 Å². The van der Waals surface area contributed by atoms with Gasteiger partial charge in [-0.25, -0.2) is 9.78 Å². The van der Waals surface area contributed by atoms with Gasteiger partial charge in [0.05, 0.1) is 4.92 Å². The molecule has 0 saturated carbocycles. The first-order chi connectivity index (χ1) is 13.1. The Morgan fingerprint density at radius 3 is 2.41 bits per heavy atom. The Balaban J connectivity index is 1.49. The largest absolute Gasteiger partial charge is 0.514 e. The molecular formula is C19H14N2O5S. The Morgan fingerprint density at radius 1 is 1.04 bits per heavy atom. The fourth-order valence-electron chi connectivity index (χ4n) is 2.09. The molecule has 3 aromatic rings. The van der Waals surface area contributed by atoms with Gasteiger partial charge in [-0.3, -0.25) is 10.1 Å². The number of ether oxygens (including phenoxy) is 2. The fourth-order valence-corrected chi connectivity index (χ4v) is 2.86. The van der Waals surface area contributed by atoms with E-state index in [0.717, 1.165) is 15.5 Å². The van der Waals surface area contributed by atoms with Gasteiger partial charge in [-0.1, -0.05) is 30.0 Å². The van der Waals surface area contributed by atoms with Crippen molar-refractivity contribution in [2.45, 2.75) is 16.5 Å². The number of nitrogens with zero attached hydrogens (tertiary/aromatic N) is 2. The molecular weight excluding hydrogens is 368 g/mol. The number of hydrogen-bond acceptors (Lipinski definition) is 7. The van der Waals surface area contributed by atoms with Gasteiger partial charge in [0, 0.05) is 23.2 Å². The molecule has 1 heterocycles. The number of aromatic nitrogens is 1. The van der Waals surface area contributed by atoms with E-state index < -0.39 is 11.1 Å². The van der Waals surface area contributed by atoms with Gasteiger partial charge in [-0.15, -0.1) is 0 Å². The van der Waals surface area contributed by atoms with Crippen LogP contribution in [0, 0.1) is 10.1 Å². The summed E-state index contributed by atoms with van der Waals surface area (Å²) in [6, 6.07) is 18.4. The first-order valence-electron chi connectivity index (χ1n) is 7.87. The first kappa shape index (κ1) is 18.4. The van der Waals surface area contributed by atoms with Crippen molar-refractivity contribution in [3.8, 4) is 5.75 Å². The topological polar surface area (TPSA) is 91.6 Å². The second-order valence-electron chi connectivity index (χ2n) is 5.31. The van der Waals surface area contributed by atoms with Crippen LogP contribution in [0.3, 0.4) is 0 Å². The van der Waals surface area contributed by atoms with Gasteiger partial charge in [-0.2, -0.15) is 0 Å². The van der Waals surface area contributed by atoms with E-state index in [9.17, 15) is 14.9 Å². The molecule has 0 saturated heterocycles. The van der Waals surface area contributed by atoms with E-state index in [1.807, 2.05) is 42.5 Å². The lowest BCUT2D eigenvalue weighted by atomic mass is 10.2. The number of hydrogen-bond donors (Lipinski definition) is 0. The predicted molar refractivity (Wildman–Crippen MR) is 98.7 cm³/mol. The van der Waals surface area contributed by atoms with Crippen LogP contribution < -0.4 is 4.74 Å². The van der Waals surface area contributed by atoms with Gasteiger partial charge in [0.2, 0.25) is 0 Å². The molecule has 0 aliphatic carbocycles. The number of nitro groups is 1. The van der Waals surface area contributed by atoms with E-state index in [1.54, 1.807) is 6.20 Å². The summed E-state index contributed by atoms with van der Waals surface area (Å²) in [5.41, 5.74) is 0.723. The minimum Gasteiger partial charge on any atom is -0.429 e. The van der Waals surface area contributed by atoms with E-state index >= 15 is 0 Å². The fraction of sp³-hybridized carbons (Fsp3) is 0.0526. The summed E-state index contributed by atoms with van der Waals surface area (Å²) in [6.07, 6.45) is 0.858. The second kappa shape index (κ2) is 8.81. The molecule has 0 N–H and O–H groups in total. The van der Waals surface area contributed by atoms with Crippen LogP contribution in [0.4, 0.5) is 10.5 Å². The molecule has 0 atom stereocenters. The number of carbonyl (C=O) groups is 1. The molecule has 0 unspecified atom stereocenters. The Morgan fingerprint density at radius 2 is 1.78 bits per heavy atom. The van der Waals surface area contributed by atoms with Crippen LogP contribution in [0.5, 0.6) is 5.75 Å². The zero-order valence-electron chi connectivity index (χ0n) is 14.0. The molecule has 0 bridgehead atoms. The third-order valence-corrected chi connectivity index (χ3v) is 4.35. The lowest BCUT2D eigenvalue weighted by Crippen LogP contribution is -2.10. The van der Waals surface area contributed by atoms with Crippen LogP contribution in [0.1, 0.15) is 5.56 Å². The van der Waals surface area contributed by atoms with Crippen molar-refractivity contribution in [2.75, 3.05) is 0 Å². The number of pyridine rings is 1. The Bertz CT molecular complexity index is 915. The minimum absolute atomic E-state index is 0.0559.